The monoisotopic (exact) mass is 206 g/mol. The van der Waals surface area contributed by atoms with Gasteiger partial charge in [0.05, 0.1) is 5.56 Å². The van der Waals surface area contributed by atoms with Crippen molar-refractivity contribution in [2.24, 2.45) is 5.92 Å². The van der Waals surface area contributed by atoms with Crippen molar-refractivity contribution in [3.8, 4) is 11.5 Å². The van der Waals surface area contributed by atoms with Gasteiger partial charge in [0.2, 0.25) is 0 Å². The van der Waals surface area contributed by atoms with Crippen molar-refractivity contribution in [1.82, 2.24) is 0 Å². The van der Waals surface area contributed by atoms with Crippen molar-refractivity contribution < 1.29 is 15.0 Å². The molecule has 0 spiro atoms. The first-order chi connectivity index (χ1) is 7.09. The lowest BCUT2D eigenvalue weighted by molar-refractivity contribution is 0.101. The Balaban J connectivity index is 2.40. The van der Waals surface area contributed by atoms with Gasteiger partial charge in [0.25, 0.3) is 0 Å². The van der Waals surface area contributed by atoms with Gasteiger partial charge in [-0.1, -0.05) is 0 Å². The van der Waals surface area contributed by atoms with E-state index in [1.807, 2.05) is 0 Å². The van der Waals surface area contributed by atoms with Crippen molar-refractivity contribution in [3.63, 3.8) is 0 Å². The molecule has 0 aliphatic heterocycles. The molecule has 80 valence electrons. The number of aromatic hydroxyl groups is 2. The van der Waals surface area contributed by atoms with Gasteiger partial charge in [-0.05, 0) is 44.2 Å². The first kappa shape index (κ1) is 10.0. The second-order valence-electron chi connectivity index (χ2n) is 4.16. The predicted octanol–water partition coefficient (Wildman–Crippen LogP) is 2.25. The summed E-state index contributed by atoms with van der Waals surface area (Å²) in [5.74, 6) is 0.423. The minimum Gasteiger partial charge on any atom is -0.508 e. The zero-order valence-electron chi connectivity index (χ0n) is 8.66. The molecule has 15 heavy (non-hydrogen) atoms. The van der Waals surface area contributed by atoms with Crippen LogP contribution in [-0.2, 0) is 6.42 Å². The molecule has 0 atom stereocenters. The summed E-state index contributed by atoms with van der Waals surface area (Å²) in [5, 5.41) is 19.4. The van der Waals surface area contributed by atoms with Crippen LogP contribution in [0, 0.1) is 5.92 Å². The summed E-state index contributed by atoms with van der Waals surface area (Å²) in [4.78, 5) is 11.2. The Kier molecular flexibility index (Phi) is 2.39. The molecule has 0 heterocycles. The molecule has 2 rings (SSSR count). The maximum atomic E-state index is 11.2. The van der Waals surface area contributed by atoms with Crippen molar-refractivity contribution in [3.05, 3.63) is 23.3 Å². The summed E-state index contributed by atoms with van der Waals surface area (Å²) in [6.45, 7) is 1.41. The molecule has 1 aromatic carbocycles. The van der Waals surface area contributed by atoms with Crippen LogP contribution in [0.3, 0.4) is 0 Å². The first-order valence-corrected chi connectivity index (χ1v) is 5.14. The highest BCUT2D eigenvalue weighted by molar-refractivity contribution is 5.97. The number of phenols is 2. The smallest absolute Gasteiger partial charge is 0.163 e. The minimum atomic E-state index is -0.176. The Hall–Kier alpha value is -1.51. The summed E-state index contributed by atoms with van der Waals surface area (Å²) >= 11 is 0. The number of carbonyl (C=O) groups excluding carboxylic acids is 1. The van der Waals surface area contributed by atoms with Crippen LogP contribution in [0.5, 0.6) is 11.5 Å². The van der Waals surface area contributed by atoms with Crippen LogP contribution in [0.15, 0.2) is 12.1 Å². The van der Waals surface area contributed by atoms with Gasteiger partial charge >= 0.3 is 0 Å². The molecule has 1 aliphatic carbocycles. The fourth-order valence-electron chi connectivity index (χ4n) is 1.72. The Morgan fingerprint density at radius 1 is 1.40 bits per heavy atom. The van der Waals surface area contributed by atoms with E-state index in [-0.39, 0.29) is 17.3 Å². The number of rotatable bonds is 3. The van der Waals surface area contributed by atoms with E-state index in [1.165, 1.54) is 19.1 Å². The minimum absolute atomic E-state index is 0.0469. The molecule has 0 amide bonds. The van der Waals surface area contributed by atoms with Crippen LogP contribution in [-0.4, -0.2) is 16.0 Å². The van der Waals surface area contributed by atoms with Gasteiger partial charge in [0.15, 0.2) is 5.78 Å². The average Bonchev–Trinajstić information content (AvgIpc) is 2.95. The molecule has 0 unspecified atom stereocenters. The van der Waals surface area contributed by atoms with Crippen LogP contribution >= 0.6 is 0 Å². The lowest BCUT2D eigenvalue weighted by atomic mass is 10.0. The molecule has 3 nitrogen and oxygen atoms in total. The Morgan fingerprint density at radius 3 is 2.60 bits per heavy atom. The van der Waals surface area contributed by atoms with Gasteiger partial charge in [-0.15, -0.1) is 0 Å². The van der Waals surface area contributed by atoms with E-state index in [2.05, 4.69) is 0 Å². The van der Waals surface area contributed by atoms with E-state index in [0.717, 1.165) is 12.8 Å². The molecular formula is C12H14O3. The fourth-order valence-corrected chi connectivity index (χ4v) is 1.72. The van der Waals surface area contributed by atoms with Gasteiger partial charge in [-0.25, -0.2) is 0 Å². The van der Waals surface area contributed by atoms with Crippen molar-refractivity contribution >= 4 is 5.78 Å². The Bertz CT molecular complexity index is 406. The van der Waals surface area contributed by atoms with E-state index in [0.29, 0.717) is 23.5 Å². The average molecular weight is 206 g/mol. The molecule has 1 aromatic rings. The molecule has 3 heteroatoms. The quantitative estimate of drug-likeness (QED) is 0.746. The normalized spacial score (nSPS) is 15.3. The third-order valence-corrected chi connectivity index (χ3v) is 2.83. The molecule has 1 saturated carbocycles. The van der Waals surface area contributed by atoms with Crippen molar-refractivity contribution in [2.75, 3.05) is 0 Å². The van der Waals surface area contributed by atoms with Gasteiger partial charge in [0.1, 0.15) is 11.5 Å². The number of carbonyl (C=O) groups is 1. The van der Waals surface area contributed by atoms with Crippen LogP contribution in [0.2, 0.25) is 0 Å². The largest absolute Gasteiger partial charge is 0.508 e. The second-order valence-corrected chi connectivity index (χ2v) is 4.16. The van der Waals surface area contributed by atoms with Crippen molar-refractivity contribution in [2.45, 2.75) is 26.2 Å². The summed E-state index contributed by atoms with van der Waals surface area (Å²) < 4.78 is 0. The number of phenolic OH excluding ortho intramolecular Hbond substituents is 2. The number of Topliss-reactive ketones (excluding diaryl/α,β-unsaturated/α-hetero) is 1. The van der Waals surface area contributed by atoms with Gasteiger partial charge in [-0.2, -0.15) is 0 Å². The maximum absolute atomic E-state index is 11.2. The van der Waals surface area contributed by atoms with E-state index in [9.17, 15) is 15.0 Å². The van der Waals surface area contributed by atoms with Crippen LogP contribution in [0.1, 0.15) is 35.7 Å². The molecule has 2 N–H and O–H groups in total. The number of ketones is 1. The zero-order valence-corrected chi connectivity index (χ0v) is 8.66. The Morgan fingerprint density at radius 2 is 2.07 bits per heavy atom. The van der Waals surface area contributed by atoms with Gasteiger partial charge < -0.3 is 10.2 Å². The summed E-state index contributed by atoms with van der Waals surface area (Å²) in [6, 6.07) is 2.94. The lowest BCUT2D eigenvalue weighted by Gasteiger charge is -2.09. The van der Waals surface area contributed by atoms with Crippen LogP contribution < -0.4 is 0 Å². The highest BCUT2D eigenvalue weighted by atomic mass is 16.3. The molecule has 0 bridgehead atoms. The summed E-state index contributed by atoms with van der Waals surface area (Å²) in [6.07, 6.45) is 2.95. The molecule has 1 aliphatic rings. The van der Waals surface area contributed by atoms with Crippen molar-refractivity contribution in [1.29, 1.82) is 0 Å². The number of hydrogen-bond acceptors (Lipinski definition) is 3. The van der Waals surface area contributed by atoms with E-state index in [1.54, 1.807) is 0 Å². The van der Waals surface area contributed by atoms with Gasteiger partial charge in [0, 0.05) is 5.56 Å². The maximum Gasteiger partial charge on any atom is 0.163 e. The van der Waals surface area contributed by atoms with Crippen LogP contribution in [0.25, 0.3) is 0 Å². The highest BCUT2D eigenvalue weighted by Crippen LogP contribution is 2.39. The fraction of sp³-hybridized carbons (Fsp3) is 0.417. The van der Waals surface area contributed by atoms with Crippen LogP contribution in [0.4, 0.5) is 0 Å². The zero-order chi connectivity index (χ0) is 11.0. The molecule has 0 radical (unpaired) electrons. The first-order valence-electron chi connectivity index (χ1n) is 5.14. The lowest BCUT2D eigenvalue weighted by Crippen LogP contribution is -1.97. The third-order valence-electron chi connectivity index (χ3n) is 2.83. The summed E-state index contributed by atoms with van der Waals surface area (Å²) in [5.41, 5.74) is 0.814. The van der Waals surface area contributed by atoms with E-state index in [4.69, 9.17) is 0 Å². The third kappa shape index (κ3) is 1.96. The Labute approximate surface area is 88.4 Å². The second kappa shape index (κ2) is 3.57. The standard InChI is InChI=1S/C12H14O3/c1-7(13)9-4-5-11(14)10(12(9)15)6-8-2-3-8/h4-5,8,14-15H,2-3,6H2,1H3. The molecular weight excluding hydrogens is 192 g/mol. The topological polar surface area (TPSA) is 57.5 Å². The molecule has 0 saturated heterocycles. The van der Waals surface area contributed by atoms with E-state index < -0.39 is 0 Å². The SMILES string of the molecule is CC(=O)c1ccc(O)c(CC2CC2)c1O. The predicted molar refractivity (Wildman–Crippen MR) is 56.2 cm³/mol. The number of benzene rings is 1. The van der Waals surface area contributed by atoms with Gasteiger partial charge in [-0.3, -0.25) is 4.79 Å². The molecule has 0 aromatic heterocycles. The summed E-state index contributed by atoms with van der Waals surface area (Å²) in [7, 11) is 0. The van der Waals surface area contributed by atoms with E-state index >= 15 is 0 Å². The highest BCUT2D eigenvalue weighted by Gasteiger charge is 2.25. The number of hydrogen-bond donors (Lipinski definition) is 2. The molecule has 1 fully saturated rings.